The molecular weight excluding hydrogens is 183 g/mol. The molecule has 1 aromatic rings. The molecule has 0 heterocycles. The molecule has 9 heavy (non-hydrogen) atoms. The van der Waals surface area contributed by atoms with Gasteiger partial charge in [0.05, 0.1) is 1.37 Å². The lowest BCUT2D eigenvalue weighted by atomic mass is 10.2. The normalized spacial score (nSPS) is 11.1. The van der Waals surface area contributed by atoms with Crippen LogP contribution in [0.3, 0.4) is 0 Å². The number of benzene rings is 1. The van der Waals surface area contributed by atoms with Crippen LogP contribution in [0.2, 0.25) is 0 Å². The Bertz CT molecular complexity index is 237. The minimum atomic E-state index is -0.257. The van der Waals surface area contributed by atoms with Crippen molar-refractivity contribution in [3.8, 4) is 0 Å². The quantitative estimate of drug-likeness (QED) is 0.597. The lowest BCUT2D eigenvalue weighted by Crippen LogP contribution is -1.81. The van der Waals surface area contributed by atoms with Crippen LogP contribution < -0.4 is 0 Å². The van der Waals surface area contributed by atoms with Gasteiger partial charge in [-0.05, 0) is 11.6 Å². The Balaban J connectivity index is 3.09. The highest BCUT2D eigenvalue weighted by Crippen LogP contribution is 2.09. The van der Waals surface area contributed by atoms with Crippen LogP contribution in [0.25, 0.3) is 0 Å². The first-order valence-electron chi connectivity index (χ1n) is 3.05. The second-order valence-corrected chi connectivity index (χ2v) is 2.21. The van der Waals surface area contributed by atoms with Crippen molar-refractivity contribution >= 4 is 15.9 Å². The lowest BCUT2D eigenvalue weighted by molar-refractivity contribution is 0.618. The zero-order valence-corrected chi connectivity index (χ0v) is 6.28. The van der Waals surface area contributed by atoms with Gasteiger partial charge in [0.25, 0.3) is 0 Å². The Morgan fingerprint density at radius 3 is 3.00 bits per heavy atom. The zero-order chi connectivity index (χ0) is 7.56. The predicted molar refractivity (Wildman–Crippen MR) is 39.0 cm³/mol. The van der Waals surface area contributed by atoms with Crippen LogP contribution in [0.15, 0.2) is 24.2 Å². The van der Waals surface area contributed by atoms with E-state index < -0.39 is 0 Å². The van der Waals surface area contributed by atoms with Crippen molar-refractivity contribution in [1.29, 1.82) is 0 Å². The minimum Gasteiger partial charge on any atom is -0.207 e. The molecule has 0 spiro atoms. The van der Waals surface area contributed by atoms with Crippen molar-refractivity contribution in [1.82, 2.24) is 0 Å². The fraction of sp³-hybridized carbons (Fsp3) is 0.143. The van der Waals surface area contributed by atoms with E-state index in [-0.39, 0.29) is 5.82 Å². The fourth-order valence-electron chi connectivity index (χ4n) is 0.548. The molecule has 0 bridgehead atoms. The third-order valence-corrected chi connectivity index (χ3v) is 1.64. The summed E-state index contributed by atoms with van der Waals surface area (Å²) in [4.78, 5) is 0. The second kappa shape index (κ2) is 2.97. The Labute approximate surface area is 63.2 Å². The number of hydrogen-bond donors (Lipinski definition) is 0. The Morgan fingerprint density at radius 1 is 1.67 bits per heavy atom. The highest BCUT2D eigenvalue weighted by molar-refractivity contribution is 9.08. The van der Waals surface area contributed by atoms with Gasteiger partial charge < -0.3 is 0 Å². The van der Waals surface area contributed by atoms with E-state index in [0.29, 0.717) is 16.9 Å². The van der Waals surface area contributed by atoms with Gasteiger partial charge in [0, 0.05) is 5.33 Å². The zero-order valence-electron chi connectivity index (χ0n) is 5.70. The average molecular weight is 190 g/mol. The Kier molecular flexibility index (Phi) is 1.79. The topological polar surface area (TPSA) is 0 Å². The predicted octanol–water partition coefficient (Wildman–Crippen LogP) is 2.72. The fourth-order valence-corrected chi connectivity index (χ4v) is 0.978. The van der Waals surface area contributed by atoms with Crippen LogP contribution in [0, 0.1) is 5.82 Å². The van der Waals surface area contributed by atoms with Gasteiger partial charge in [-0.3, -0.25) is 0 Å². The van der Waals surface area contributed by atoms with Gasteiger partial charge in [-0.1, -0.05) is 34.1 Å². The van der Waals surface area contributed by atoms with Crippen molar-refractivity contribution in [3.63, 3.8) is 0 Å². The summed E-state index contributed by atoms with van der Waals surface area (Å²) in [6.45, 7) is 0. The number of rotatable bonds is 1. The van der Waals surface area contributed by atoms with Crippen LogP contribution in [-0.4, -0.2) is 0 Å². The Morgan fingerprint density at radius 2 is 2.44 bits per heavy atom. The van der Waals surface area contributed by atoms with Crippen LogP contribution >= 0.6 is 15.9 Å². The maximum Gasteiger partial charge on any atom is 0.127 e. The van der Waals surface area contributed by atoms with E-state index in [2.05, 4.69) is 15.9 Å². The van der Waals surface area contributed by atoms with E-state index in [1.807, 2.05) is 0 Å². The van der Waals surface area contributed by atoms with Gasteiger partial charge in [0.15, 0.2) is 0 Å². The van der Waals surface area contributed by atoms with Gasteiger partial charge in [-0.2, -0.15) is 0 Å². The number of hydrogen-bond acceptors (Lipinski definition) is 0. The van der Waals surface area contributed by atoms with Gasteiger partial charge in [-0.25, -0.2) is 4.39 Å². The third kappa shape index (κ3) is 1.52. The maximum absolute atomic E-state index is 12.7. The highest BCUT2D eigenvalue weighted by atomic mass is 79.9. The third-order valence-electron chi connectivity index (χ3n) is 1.03. The molecule has 48 valence electrons. The Hall–Kier alpha value is -0.370. The van der Waals surface area contributed by atoms with Crippen molar-refractivity contribution in [2.45, 2.75) is 5.33 Å². The summed E-state index contributed by atoms with van der Waals surface area (Å²) in [6, 6.07) is 4.58. The molecule has 1 aromatic carbocycles. The SMILES string of the molecule is [2H]c1ccc(F)c(CBr)c1. The van der Waals surface area contributed by atoms with Gasteiger partial charge in [-0.15, -0.1) is 0 Å². The number of alkyl halides is 1. The van der Waals surface area contributed by atoms with Gasteiger partial charge >= 0.3 is 0 Å². The lowest BCUT2D eigenvalue weighted by Gasteiger charge is -1.93. The maximum atomic E-state index is 12.7. The smallest absolute Gasteiger partial charge is 0.127 e. The molecule has 0 aliphatic heterocycles. The molecule has 0 nitrogen and oxygen atoms in total. The minimum absolute atomic E-state index is 0.257. The largest absolute Gasteiger partial charge is 0.207 e. The summed E-state index contributed by atoms with van der Waals surface area (Å²) in [5.41, 5.74) is 0.535. The van der Waals surface area contributed by atoms with E-state index in [1.165, 1.54) is 18.2 Å². The van der Waals surface area contributed by atoms with Crippen LogP contribution in [0.4, 0.5) is 4.39 Å². The van der Waals surface area contributed by atoms with E-state index in [0.717, 1.165) is 0 Å². The molecular formula is C7H6BrF. The molecule has 1 rings (SSSR count). The first-order chi connectivity index (χ1) is 4.74. The molecule has 0 aromatic heterocycles. The van der Waals surface area contributed by atoms with Gasteiger partial charge in [0.2, 0.25) is 0 Å². The molecule has 0 fully saturated rings. The summed E-state index contributed by atoms with van der Waals surface area (Å²) < 4.78 is 19.8. The van der Waals surface area contributed by atoms with Gasteiger partial charge in [0.1, 0.15) is 5.82 Å². The molecule has 0 aliphatic rings. The first-order valence-corrected chi connectivity index (χ1v) is 3.67. The summed E-state index contributed by atoms with van der Waals surface area (Å²) in [7, 11) is 0. The second-order valence-electron chi connectivity index (χ2n) is 1.65. The summed E-state index contributed by atoms with van der Waals surface area (Å²) in [5, 5.41) is 0.464. The van der Waals surface area contributed by atoms with Crippen molar-refractivity contribution in [2.75, 3.05) is 0 Å². The van der Waals surface area contributed by atoms with Crippen LogP contribution in [0.1, 0.15) is 6.93 Å². The molecule has 0 unspecified atom stereocenters. The molecule has 2 heteroatoms. The highest BCUT2D eigenvalue weighted by Gasteiger charge is 1.94. The first kappa shape index (κ1) is 5.42. The van der Waals surface area contributed by atoms with Crippen LogP contribution in [0.5, 0.6) is 0 Å². The standard InChI is InChI=1S/C7H6BrF/c8-5-6-3-1-2-4-7(6)9/h1-4H,5H2/i1D. The van der Waals surface area contributed by atoms with Crippen molar-refractivity contribution < 1.29 is 5.76 Å². The molecule has 0 radical (unpaired) electrons. The van der Waals surface area contributed by atoms with Crippen molar-refractivity contribution in [2.24, 2.45) is 0 Å². The van der Waals surface area contributed by atoms with E-state index >= 15 is 0 Å². The van der Waals surface area contributed by atoms with E-state index in [1.54, 1.807) is 0 Å². The molecule has 0 N–H and O–H groups in total. The summed E-state index contributed by atoms with van der Waals surface area (Å²) in [5.74, 6) is -0.257. The van der Waals surface area contributed by atoms with Crippen LogP contribution in [-0.2, 0) is 5.33 Å². The molecule has 0 aliphatic carbocycles. The molecule has 0 atom stereocenters. The summed E-state index contributed by atoms with van der Waals surface area (Å²) >= 11 is 3.12. The molecule has 0 saturated heterocycles. The monoisotopic (exact) mass is 189 g/mol. The van der Waals surface area contributed by atoms with E-state index in [4.69, 9.17) is 1.37 Å². The average Bonchev–Trinajstić information content (AvgIpc) is 1.94. The van der Waals surface area contributed by atoms with E-state index in [9.17, 15) is 4.39 Å². The number of halogens is 2. The summed E-state index contributed by atoms with van der Waals surface area (Å²) in [6.07, 6.45) is 0. The van der Waals surface area contributed by atoms with Crippen molar-refractivity contribution in [3.05, 3.63) is 35.6 Å². The molecule has 0 saturated carbocycles. The molecule has 0 amide bonds.